The fraction of sp³-hybridized carbons (Fsp3) is 0.596. The van der Waals surface area contributed by atoms with E-state index in [-0.39, 0.29) is 53.7 Å². The third-order valence-corrected chi connectivity index (χ3v) is 12.6. The maximum Gasteiger partial charge on any atom is 0.235 e. The van der Waals surface area contributed by atoms with E-state index in [4.69, 9.17) is 24.7 Å². The quantitative estimate of drug-likeness (QED) is 0.0438. The highest BCUT2D eigenvalue weighted by Crippen LogP contribution is 2.41. The molecule has 4 N–H and O–H groups in total. The molecule has 2 heterocycles. The first-order valence-corrected chi connectivity index (χ1v) is 25.6. The molecule has 4 rings (SSSR count). The second-order valence-electron chi connectivity index (χ2n) is 19.1. The zero-order valence-corrected chi connectivity index (χ0v) is 42.7. The predicted octanol–water partition coefficient (Wildman–Crippen LogP) is 6.51. The number of carbonyl (C=O) groups is 5. The summed E-state index contributed by atoms with van der Waals surface area (Å²) in [4.78, 5) is 66.3. The minimum atomic E-state index is -0.619. The number of ether oxygens (including phenoxy) is 4. The molecule has 70 heavy (non-hydrogen) atoms. The molecule has 15 nitrogen and oxygen atoms in total. The SMILES string of the molecule is CC1(C)CC(=O)N(CCCCCC(=O)NCCOCCOCCOCCOCCNC(=O)CCSCC(=O)N(CCCN)[C@@H](c2cc(-c3cc(F)ccc3F)cn2Cc2ccccc2)C(C)(C)C)C1=O. The summed E-state index contributed by atoms with van der Waals surface area (Å²) in [7, 11) is 0. The first kappa shape index (κ1) is 57.9. The van der Waals surface area contributed by atoms with Crippen LogP contribution in [0.4, 0.5) is 8.78 Å². The maximum atomic E-state index is 15.1. The van der Waals surface area contributed by atoms with Crippen molar-refractivity contribution in [2.75, 3.05) is 97.1 Å². The average molecular weight is 999 g/mol. The number of rotatable bonds is 34. The van der Waals surface area contributed by atoms with E-state index in [9.17, 15) is 28.4 Å². The number of nitrogens with zero attached hydrogens (tertiary/aromatic N) is 3. The Labute approximate surface area is 417 Å². The topological polar surface area (TPSA) is 184 Å². The largest absolute Gasteiger partial charge is 0.377 e. The summed E-state index contributed by atoms with van der Waals surface area (Å²) in [5.74, 6) is -1.03. The number of thioether (sulfide) groups is 1. The zero-order chi connectivity index (χ0) is 50.9. The summed E-state index contributed by atoms with van der Waals surface area (Å²) < 4.78 is 53.6. The van der Waals surface area contributed by atoms with Gasteiger partial charge < -0.3 is 44.8 Å². The van der Waals surface area contributed by atoms with E-state index in [1.165, 1.54) is 22.7 Å². The minimum Gasteiger partial charge on any atom is -0.377 e. The fourth-order valence-corrected chi connectivity index (χ4v) is 8.94. The monoisotopic (exact) mass is 999 g/mol. The van der Waals surface area contributed by atoms with E-state index in [1.54, 1.807) is 13.8 Å². The molecule has 1 aromatic heterocycles. The Morgan fingerprint density at radius 1 is 0.814 bits per heavy atom. The van der Waals surface area contributed by atoms with Crippen molar-refractivity contribution in [2.24, 2.45) is 16.6 Å². The van der Waals surface area contributed by atoms with Gasteiger partial charge in [-0.25, -0.2) is 8.78 Å². The van der Waals surface area contributed by atoms with Gasteiger partial charge >= 0.3 is 0 Å². The Hall–Kier alpha value is -4.72. The summed E-state index contributed by atoms with van der Waals surface area (Å²) in [5, 5.41) is 5.68. The molecule has 5 amide bonds. The molecular formula is C52H76F2N6O9S. The van der Waals surface area contributed by atoms with Crippen LogP contribution < -0.4 is 16.4 Å². The number of aromatic nitrogens is 1. The number of nitrogens with one attached hydrogen (secondary N) is 2. The van der Waals surface area contributed by atoms with Crippen LogP contribution in [-0.4, -0.2) is 141 Å². The second-order valence-corrected chi connectivity index (χ2v) is 20.2. The number of unbranched alkanes of at least 4 members (excludes halogenated alkanes) is 2. The van der Waals surface area contributed by atoms with Crippen molar-refractivity contribution < 1.29 is 51.7 Å². The number of amides is 5. The number of hydrogen-bond acceptors (Lipinski definition) is 11. The van der Waals surface area contributed by atoms with Crippen molar-refractivity contribution in [1.29, 1.82) is 0 Å². The van der Waals surface area contributed by atoms with E-state index in [0.29, 0.717) is 129 Å². The van der Waals surface area contributed by atoms with E-state index < -0.39 is 28.5 Å². The van der Waals surface area contributed by atoms with Crippen molar-refractivity contribution in [1.82, 2.24) is 25.0 Å². The number of nitrogens with two attached hydrogens (primary N) is 1. The van der Waals surface area contributed by atoms with Crippen molar-refractivity contribution in [2.45, 2.75) is 92.2 Å². The number of hydrogen-bond donors (Lipinski definition) is 3. The molecule has 1 aliphatic heterocycles. The molecule has 2 aromatic carbocycles. The highest BCUT2D eigenvalue weighted by atomic mass is 32.2. The Morgan fingerprint density at radius 2 is 1.43 bits per heavy atom. The van der Waals surface area contributed by atoms with Crippen LogP contribution in [0.2, 0.25) is 0 Å². The molecule has 18 heteroatoms. The van der Waals surface area contributed by atoms with Gasteiger partial charge in [0.2, 0.25) is 29.5 Å². The Bertz CT molecular complexity index is 2100. The van der Waals surface area contributed by atoms with Crippen LogP contribution >= 0.6 is 11.8 Å². The average Bonchev–Trinajstić information content (AvgIpc) is 3.80. The first-order chi connectivity index (χ1) is 33.5. The molecule has 0 radical (unpaired) electrons. The highest BCUT2D eigenvalue weighted by molar-refractivity contribution is 7.99. The lowest BCUT2D eigenvalue weighted by atomic mass is 9.83. The third kappa shape index (κ3) is 19.8. The molecule has 0 saturated carbocycles. The van der Waals surface area contributed by atoms with Crippen LogP contribution in [0.5, 0.6) is 0 Å². The maximum absolute atomic E-state index is 15.1. The van der Waals surface area contributed by atoms with Gasteiger partial charge in [-0.1, -0.05) is 71.4 Å². The van der Waals surface area contributed by atoms with Gasteiger partial charge in [0.25, 0.3) is 0 Å². The van der Waals surface area contributed by atoms with Gasteiger partial charge in [0.1, 0.15) is 11.6 Å². The molecule has 0 aliphatic carbocycles. The molecule has 0 spiro atoms. The third-order valence-electron chi connectivity index (χ3n) is 11.7. The van der Waals surface area contributed by atoms with Crippen LogP contribution in [0.15, 0.2) is 60.8 Å². The smallest absolute Gasteiger partial charge is 0.235 e. The number of benzene rings is 2. The molecule has 3 aromatic rings. The standard InChI is InChI=1S/C52H76F2N6O9S/c1-51(2,3)49(44-33-40(42-34-41(53)16-17-43(42)54)37-58(44)36-39-13-8-6-9-14-39)59(23-12-19-55)48(64)38-70-32-18-46(62)57-21-25-67-27-29-69-31-30-68-28-26-66-24-20-56-45(61)15-10-7-11-22-60-47(63)35-52(4,5)50(60)65/h6,8-9,13-14,16-17,33-34,37,49H,7,10-12,15,18-32,35-36,38,55H2,1-5H3,(H,56,61)(H,57,62)/t49-/m0/s1. The summed E-state index contributed by atoms with van der Waals surface area (Å²) in [5.41, 5.74) is 7.35. The predicted molar refractivity (Wildman–Crippen MR) is 268 cm³/mol. The molecular weight excluding hydrogens is 923 g/mol. The van der Waals surface area contributed by atoms with Gasteiger partial charge in [0.05, 0.1) is 70.1 Å². The zero-order valence-electron chi connectivity index (χ0n) is 41.9. The van der Waals surface area contributed by atoms with E-state index in [2.05, 4.69) is 31.4 Å². The number of likely N-dealkylation sites (tertiary alicyclic amines) is 1. The van der Waals surface area contributed by atoms with Gasteiger partial charge in [-0.15, -0.1) is 0 Å². The van der Waals surface area contributed by atoms with Crippen molar-refractivity contribution in [3.8, 4) is 11.1 Å². The molecule has 0 unspecified atom stereocenters. The van der Waals surface area contributed by atoms with Gasteiger partial charge in [0.15, 0.2) is 0 Å². The van der Waals surface area contributed by atoms with Crippen LogP contribution in [-0.2, 0) is 49.5 Å². The summed E-state index contributed by atoms with van der Waals surface area (Å²) in [6.45, 7) is 15.1. The minimum absolute atomic E-state index is 0.0591. The lowest BCUT2D eigenvalue weighted by Crippen LogP contribution is -2.44. The van der Waals surface area contributed by atoms with Crippen molar-refractivity contribution in [3.05, 3.63) is 83.7 Å². The van der Waals surface area contributed by atoms with Gasteiger partial charge in [-0.3, -0.25) is 28.9 Å². The van der Waals surface area contributed by atoms with Crippen LogP contribution in [0.25, 0.3) is 11.1 Å². The highest BCUT2D eigenvalue weighted by Gasteiger charge is 2.44. The number of carbonyl (C=O) groups excluding carboxylic acids is 5. The van der Waals surface area contributed by atoms with Crippen molar-refractivity contribution in [3.63, 3.8) is 0 Å². The Kier molecular flexibility index (Phi) is 25.0. The lowest BCUT2D eigenvalue weighted by Gasteiger charge is -2.41. The molecule has 0 bridgehead atoms. The summed E-state index contributed by atoms with van der Waals surface area (Å²) in [6, 6.07) is 14.7. The first-order valence-electron chi connectivity index (χ1n) is 24.5. The molecule has 1 aliphatic rings. The van der Waals surface area contributed by atoms with E-state index >= 15 is 4.39 Å². The Balaban J connectivity index is 1.04. The molecule has 1 saturated heterocycles. The van der Waals surface area contributed by atoms with Crippen molar-refractivity contribution >= 4 is 41.3 Å². The van der Waals surface area contributed by atoms with Gasteiger partial charge in [0, 0.05) is 80.8 Å². The van der Waals surface area contributed by atoms with Crippen LogP contribution in [0.3, 0.4) is 0 Å². The van der Waals surface area contributed by atoms with Gasteiger partial charge in [-0.2, -0.15) is 11.8 Å². The molecule has 1 atom stereocenters. The molecule has 1 fully saturated rings. The second kappa shape index (κ2) is 30.2. The number of halogens is 2. The van der Waals surface area contributed by atoms with E-state index in [1.807, 2.05) is 52.1 Å². The summed E-state index contributed by atoms with van der Waals surface area (Å²) >= 11 is 1.38. The normalized spacial score (nSPS) is 14.0. The Morgan fingerprint density at radius 3 is 2.01 bits per heavy atom. The van der Waals surface area contributed by atoms with Crippen LogP contribution in [0.1, 0.15) is 96.9 Å². The summed E-state index contributed by atoms with van der Waals surface area (Å²) in [6.07, 6.45) is 5.38. The van der Waals surface area contributed by atoms with E-state index in [0.717, 1.165) is 29.8 Å². The fourth-order valence-electron chi connectivity index (χ4n) is 8.13. The van der Waals surface area contributed by atoms with Crippen LogP contribution in [0, 0.1) is 22.5 Å². The molecule has 388 valence electrons. The lowest BCUT2D eigenvalue weighted by molar-refractivity contribution is -0.141. The van der Waals surface area contributed by atoms with Gasteiger partial charge in [-0.05, 0) is 61.1 Å². The number of imide groups is 1.